The molecule has 1 spiro atoms. The maximum absolute atomic E-state index is 12.4. The zero-order chi connectivity index (χ0) is 19.5. The van der Waals surface area contributed by atoms with Crippen LogP contribution in [-0.4, -0.2) is 66.7 Å². The molecule has 0 saturated carbocycles. The van der Waals surface area contributed by atoms with Gasteiger partial charge in [0.15, 0.2) is 0 Å². The molecule has 2 saturated heterocycles. The molecule has 0 aromatic carbocycles. The minimum absolute atomic E-state index is 0.0530. The summed E-state index contributed by atoms with van der Waals surface area (Å²) in [5.74, 6) is -0.00792. The minimum Gasteiger partial charge on any atom is -0.343 e. The summed E-state index contributed by atoms with van der Waals surface area (Å²) in [5, 5.41) is 0. The Morgan fingerprint density at radius 1 is 1.26 bits per heavy atom. The number of hydrogen-bond acceptors (Lipinski definition) is 5. The van der Waals surface area contributed by atoms with Gasteiger partial charge in [0.05, 0.1) is 5.75 Å². The van der Waals surface area contributed by atoms with Crippen LogP contribution >= 0.6 is 0 Å². The molecule has 0 N–H and O–H groups in total. The van der Waals surface area contributed by atoms with Crippen LogP contribution in [0.2, 0.25) is 0 Å². The lowest BCUT2D eigenvalue weighted by Crippen LogP contribution is -2.52. The third kappa shape index (κ3) is 5.28. The molecule has 1 aromatic rings. The van der Waals surface area contributed by atoms with E-state index in [9.17, 15) is 18.0 Å². The Morgan fingerprint density at radius 3 is 2.63 bits per heavy atom. The number of amides is 2. The van der Waals surface area contributed by atoms with Crippen LogP contribution in [-0.2, 0) is 26.0 Å². The first kappa shape index (κ1) is 19.8. The normalized spacial score (nSPS) is 20.1. The minimum atomic E-state index is -3.12. The number of carbonyl (C=O) groups excluding carboxylic acids is 2. The lowest BCUT2D eigenvalue weighted by Gasteiger charge is -2.47. The number of sulfone groups is 1. The van der Waals surface area contributed by atoms with Crippen molar-refractivity contribution in [1.29, 1.82) is 0 Å². The standard InChI is InChI=1S/C19H27N3O4S/c1-27(25,26)12-5-18(24)21-10-7-19(8-11-21)6-4-17(23)22(15-19)14-16-3-2-9-20-13-16/h2-3,9,13H,4-8,10-12,14-15H2,1H3. The second-order valence-corrected chi connectivity index (χ2v) is 10.1. The Bertz CT molecular complexity index is 786. The van der Waals surface area contributed by atoms with Crippen LogP contribution in [0.5, 0.6) is 0 Å². The Kier molecular flexibility index (Phi) is 5.83. The topological polar surface area (TPSA) is 87.7 Å². The van der Waals surface area contributed by atoms with Crippen LogP contribution in [0.1, 0.15) is 37.7 Å². The third-order valence-corrected chi connectivity index (χ3v) is 6.65. The van der Waals surface area contributed by atoms with Crippen LogP contribution in [0.25, 0.3) is 0 Å². The highest BCUT2D eigenvalue weighted by Crippen LogP contribution is 2.40. The van der Waals surface area contributed by atoms with Gasteiger partial charge in [0.25, 0.3) is 0 Å². The fraction of sp³-hybridized carbons (Fsp3) is 0.632. The lowest BCUT2D eigenvalue weighted by atomic mass is 9.72. The molecule has 2 fully saturated rings. The molecule has 0 aliphatic carbocycles. The summed E-state index contributed by atoms with van der Waals surface area (Å²) >= 11 is 0. The number of likely N-dealkylation sites (tertiary alicyclic amines) is 2. The molecule has 7 nitrogen and oxygen atoms in total. The fourth-order valence-electron chi connectivity index (χ4n) is 4.03. The quantitative estimate of drug-likeness (QED) is 0.751. The van der Waals surface area contributed by atoms with Gasteiger partial charge in [0.1, 0.15) is 9.84 Å². The lowest BCUT2D eigenvalue weighted by molar-refractivity contribution is -0.143. The molecular formula is C19H27N3O4S. The first-order chi connectivity index (χ1) is 12.8. The molecular weight excluding hydrogens is 366 g/mol. The van der Waals surface area contributed by atoms with Gasteiger partial charge in [-0.2, -0.15) is 0 Å². The van der Waals surface area contributed by atoms with Crippen molar-refractivity contribution in [3.63, 3.8) is 0 Å². The molecule has 0 atom stereocenters. The van der Waals surface area contributed by atoms with E-state index in [4.69, 9.17) is 0 Å². The van der Waals surface area contributed by atoms with Crippen molar-refractivity contribution in [1.82, 2.24) is 14.8 Å². The summed E-state index contributed by atoms with van der Waals surface area (Å²) in [6.45, 7) is 2.56. The van der Waals surface area contributed by atoms with Crippen molar-refractivity contribution in [2.75, 3.05) is 31.6 Å². The van der Waals surface area contributed by atoms with Crippen LogP contribution in [0.4, 0.5) is 0 Å². The molecule has 8 heteroatoms. The van der Waals surface area contributed by atoms with Crippen molar-refractivity contribution in [2.24, 2.45) is 5.41 Å². The van der Waals surface area contributed by atoms with E-state index in [0.717, 1.165) is 31.1 Å². The zero-order valence-electron chi connectivity index (χ0n) is 15.8. The van der Waals surface area contributed by atoms with Crippen molar-refractivity contribution >= 4 is 21.7 Å². The molecule has 3 heterocycles. The number of pyridine rings is 1. The first-order valence-corrected chi connectivity index (χ1v) is 11.4. The van der Waals surface area contributed by atoms with Crippen molar-refractivity contribution < 1.29 is 18.0 Å². The predicted molar refractivity (Wildman–Crippen MR) is 101 cm³/mol. The maximum atomic E-state index is 12.4. The molecule has 0 bridgehead atoms. The number of rotatable bonds is 5. The van der Waals surface area contributed by atoms with Crippen LogP contribution < -0.4 is 0 Å². The van der Waals surface area contributed by atoms with Gasteiger partial charge in [0.2, 0.25) is 11.8 Å². The molecule has 3 rings (SSSR count). The van der Waals surface area contributed by atoms with Crippen molar-refractivity contribution in [3.05, 3.63) is 30.1 Å². The first-order valence-electron chi connectivity index (χ1n) is 9.39. The van der Waals surface area contributed by atoms with Crippen molar-refractivity contribution in [2.45, 2.75) is 38.6 Å². The molecule has 2 amide bonds. The summed E-state index contributed by atoms with van der Waals surface area (Å²) in [5.41, 5.74) is 1.08. The van der Waals surface area contributed by atoms with Gasteiger partial charge in [-0.15, -0.1) is 0 Å². The van der Waals surface area contributed by atoms with E-state index in [2.05, 4.69) is 4.98 Å². The van der Waals surface area contributed by atoms with Gasteiger partial charge in [0, 0.05) is 57.7 Å². The zero-order valence-corrected chi connectivity index (χ0v) is 16.6. The largest absolute Gasteiger partial charge is 0.343 e. The molecule has 27 heavy (non-hydrogen) atoms. The average molecular weight is 394 g/mol. The van der Waals surface area contributed by atoms with E-state index in [1.807, 2.05) is 17.0 Å². The molecule has 1 aromatic heterocycles. The Labute approximate surface area is 160 Å². The second-order valence-electron chi connectivity index (χ2n) is 7.87. The van der Waals surface area contributed by atoms with Gasteiger partial charge >= 0.3 is 0 Å². The van der Waals surface area contributed by atoms with Gasteiger partial charge in [-0.3, -0.25) is 14.6 Å². The number of carbonyl (C=O) groups is 2. The Balaban J connectivity index is 1.56. The molecule has 0 radical (unpaired) electrons. The Hall–Kier alpha value is -1.96. The fourth-order valence-corrected chi connectivity index (χ4v) is 4.57. The molecule has 148 valence electrons. The molecule has 2 aliphatic rings. The van der Waals surface area contributed by atoms with E-state index in [1.165, 1.54) is 0 Å². The van der Waals surface area contributed by atoms with Crippen LogP contribution in [0.15, 0.2) is 24.5 Å². The van der Waals surface area contributed by atoms with E-state index < -0.39 is 9.84 Å². The van der Waals surface area contributed by atoms with E-state index >= 15 is 0 Å². The maximum Gasteiger partial charge on any atom is 0.223 e. The number of nitrogens with zero attached hydrogens (tertiary/aromatic N) is 3. The average Bonchev–Trinajstić information content (AvgIpc) is 2.64. The summed E-state index contributed by atoms with van der Waals surface area (Å²) in [6.07, 6.45) is 7.84. The molecule has 0 unspecified atom stereocenters. The van der Waals surface area contributed by atoms with Gasteiger partial charge < -0.3 is 9.80 Å². The molecule has 2 aliphatic heterocycles. The monoisotopic (exact) mass is 393 g/mol. The highest BCUT2D eigenvalue weighted by atomic mass is 32.2. The van der Waals surface area contributed by atoms with Crippen LogP contribution in [0, 0.1) is 5.41 Å². The summed E-state index contributed by atoms with van der Waals surface area (Å²) in [6, 6.07) is 3.85. The van der Waals surface area contributed by atoms with Gasteiger partial charge in [-0.05, 0) is 36.3 Å². The van der Waals surface area contributed by atoms with Gasteiger partial charge in [-0.25, -0.2) is 8.42 Å². The predicted octanol–water partition coefficient (Wildman–Crippen LogP) is 1.25. The van der Waals surface area contributed by atoms with E-state index in [-0.39, 0.29) is 29.4 Å². The summed E-state index contributed by atoms with van der Waals surface area (Å²) < 4.78 is 22.5. The highest BCUT2D eigenvalue weighted by molar-refractivity contribution is 7.90. The Morgan fingerprint density at radius 2 is 2.00 bits per heavy atom. The smallest absolute Gasteiger partial charge is 0.223 e. The summed E-state index contributed by atoms with van der Waals surface area (Å²) in [4.78, 5) is 32.4. The third-order valence-electron chi connectivity index (χ3n) is 5.71. The SMILES string of the molecule is CS(=O)(=O)CCC(=O)N1CCC2(CCC(=O)N(Cc3cccnc3)C2)CC1. The number of hydrogen-bond donors (Lipinski definition) is 0. The number of aromatic nitrogens is 1. The van der Waals surface area contributed by atoms with E-state index in [1.54, 1.807) is 17.3 Å². The van der Waals surface area contributed by atoms with Crippen molar-refractivity contribution in [3.8, 4) is 0 Å². The van der Waals surface area contributed by atoms with Crippen LogP contribution in [0.3, 0.4) is 0 Å². The highest BCUT2D eigenvalue weighted by Gasteiger charge is 2.41. The summed E-state index contributed by atoms with van der Waals surface area (Å²) in [7, 11) is -3.12. The van der Waals surface area contributed by atoms with Gasteiger partial charge in [-0.1, -0.05) is 6.07 Å². The number of piperidine rings is 2. The van der Waals surface area contributed by atoms with E-state index in [0.29, 0.717) is 32.6 Å². The second kappa shape index (κ2) is 7.96.